The Hall–Kier alpha value is -1.78. The van der Waals surface area contributed by atoms with Crippen LogP contribution in [0.1, 0.15) is 12.8 Å². The zero-order chi connectivity index (χ0) is 13.1. The van der Waals surface area contributed by atoms with Gasteiger partial charge in [-0.2, -0.15) is 0 Å². The monoisotopic (exact) mass is 252 g/mol. The van der Waals surface area contributed by atoms with Gasteiger partial charge in [-0.15, -0.1) is 0 Å². The van der Waals surface area contributed by atoms with Crippen LogP contribution in [0.2, 0.25) is 0 Å². The van der Waals surface area contributed by atoms with Crippen molar-refractivity contribution in [2.45, 2.75) is 12.8 Å². The molecular weight excluding hydrogens is 235 g/mol. The molecule has 0 fully saturated rings. The molecule has 0 aromatic heterocycles. The summed E-state index contributed by atoms with van der Waals surface area (Å²) in [7, 11) is 1.93. The van der Waals surface area contributed by atoms with Crippen molar-refractivity contribution in [1.82, 2.24) is 0 Å². The molecule has 2 rings (SSSR count). The molecule has 0 atom stereocenters. The molecule has 1 aliphatic rings. The van der Waals surface area contributed by atoms with Gasteiger partial charge >= 0.3 is 5.97 Å². The fourth-order valence-electron chi connectivity index (χ4n) is 2.31. The predicted molar refractivity (Wildman–Crippen MR) is 68.8 cm³/mol. The second-order valence-electron chi connectivity index (χ2n) is 4.51. The van der Waals surface area contributed by atoms with E-state index in [0.717, 1.165) is 18.7 Å². The predicted octanol–water partition coefficient (Wildman–Crippen LogP) is 1.95. The summed E-state index contributed by atoms with van der Waals surface area (Å²) in [5, 5.41) is 8.75. The van der Waals surface area contributed by atoms with E-state index in [1.54, 1.807) is 6.07 Å². The van der Waals surface area contributed by atoms with E-state index >= 15 is 0 Å². The Balaban J connectivity index is 2.32. The molecule has 0 spiro atoms. The fraction of sp³-hybridized carbons (Fsp3) is 0.462. The van der Waals surface area contributed by atoms with Gasteiger partial charge in [-0.3, -0.25) is 4.79 Å². The van der Waals surface area contributed by atoms with Crippen molar-refractivity contribution in [2.24, 2.45) is 0 Å². The second-order valence-corrected chi connectivity index (χ2v) is 4.51. The molecule has 0 bridgehead atoms. The lowest BCUT2D eigenvalue weighted by Crippen LogP contribution is -2.27. The smallest absolute Gasteiger partial charge is 0.305 e. The number of carbonyl (C=O) groups is 1. The van der Waals surface area contributed by atoms with Gasteiger partial charge < -0.3 is 14.9 Å². The number of halogens is 1. The number of nitrogens with zero attached hydrogens (tertiary/aromatic N) is 2. The third-order valence-electron chi connectivity index (χ3n) is 3.21. The number of aliphatic carboxylic acids is 1. The lowest BCUT2D eigenvalue weighted by Gasteiger charge is -2.25. The minimum absolute atomic E-state index is 0.0253. The minimum Gasteiger partial charge on any atom is -0.481 e. The maximum absolute atomic E-state index is 14.0. The van der Waals surface area contributed by atoms with Gasteiger partial charge in [0.15, 0.2) is 0 Å². The highest BCUT2D eigenvalue weighted by atomic mass is 19.1. The van der Waals surface area contributed by atoms with E-state index in [-0.39, 0.29) is 12.2 Å². The summed E-state index contributed by atoms with van der Waals surface area (Å²) in [4.78, 5) is 14.5. The molecule has 0 saturated heterocycles. The molecule has 98 valence electrons. The summed E-state index contributed by atoms with van der Waals surface area (Å²) >= 11 is 0. The summed E-state index contributed by atoms with van der Waals surface area (Å²) in [5.74, 6) is -1.14. The van der Waals surface area contributed by atoms with E-state index in [1.807, 2.05) is 22.9 Å². The lowest BCUT2D eigenvalue weighted by molar-refractivity contribution is -0.136. The maximum atomic E-state index is 14.0. The van der Waals surface area contributed by atoms with E-state index in [2.05, 4.69) is 0 Å². The van der Waals surface area contributed by atoms with Crippen LogP contribution in [0.4, 0.5) is 15.8 Å². The fourth-order valence-corrected chi connectivity index (χ4v) is 2.31. The van der Waals surface area contributed by atoms with E-state index in [1.165, 1.54) is 6.07 Å². The third kappa shape index (κ3) is 2.55. The Kier molecular flexibility index (Phi) is 3.69. The summed E-state index contributed by atoms with van der Waals surface area (Å²) < 4.78 is 14.0. The summed E-state index contributed by atoms with van der Waals surface area (Å²) in [6.45, 7) is 1.88. The van der Waals surface area contributed by atoms with Crippen LogP contribution in [0, 0.1) is 5.82 Å². The SMILES string of the molecule is CN1CCCN(CCC(=O)O)c2c(F)cccc21. The maximum Gasteiger partial charge on any atom is 0.305 e. The number of carboxylic acid groups (broad SMARTS) is 1. The number of para-hydroxylation sites is 1. The second kappa shape index (κ2) is 5.25. The van der Waals surface area contributed by atoms with Crippen molar-refractivity contribution in [3.05, 3.63) is 24.0 Å². The van der Waals surface area contributed by atoms with E-state index < -0.39 is 5.97 Å². The van der Waals surface area contributed by atoms with Crippen LogP contribution >= 0.6 is 0 Å². The minimum atomic E-state index is -0.856. The molecule has 1 N–H and O–H groups in total. The Bertz CT molecular complexity index is 451. The van der Waals surface area contributed by atoms with Crippen LogP contribution in [0.5, 0.6) is 0 Å². The van der Waals surface area contributed by atoms with Crippen LogP contribution in [0.25, 0.3) is 0 Å². The van der Waals surface area contributed by atoms with Crippen LogP contribution in [0.15, 0.2) is 18.2 Å². The van der Waals surface area contributed by atoms with Gasteiger partial charge in [-0.25, -0.2) is 4.39 Å². The zero-order valence-corrected chi connectivity index (χ0v) is 10.4. The average Bonchev–Trinajstić information content (AvgIpc) is 2.48. The Morgan fingerprint density at radius 3 is 2.94 bits per heavy atom. The molecule has 1 aromatic carbocycles. The number of benzene rings is 1. The first-order valence-corrected chi connectivity index (χ1v) is 6.06. The normalized spacial score (nSPS) is 15.2. The van der Waals surface area contributed by atoms with Crippen LogP contribution in [-0.2, 0) is 4.79 Å². The Morgan fingerprint density at radius 2 is 2.22 bits per heavy atom. The Morgan fingerprint density at radius 1 is 1.44 bits per heavy atom. The first-order chi connectivity index (χ1) is 8.59. The third-order valence-corrected chi connectivity index (χ3v) is 3.21. The highest BCUT2D eigenvalue weighted by molar-refractivity contribution is 5.74. The van der Waals surface area contributed by atoms with Gasteiger partial charge in [0.25, 0.3) is 0 Å². The first kappa shape index (κ1) is 12.7. The van der Waals surface area contributed by atoms with Crippen molar-refractivity contribution >= 4 is 17.3 Å². The van der Waals surface area contributed by atoms with E-state index in [9.17, 15) is 9.18 Å². The number of carboxylic acids is 1. The van der Waals surface area contributed by atoms with Crippen molar-refractivity contribution in [1.29, 1.82) is 0 Å². The van der Waals surface area contributed by atoms with Crippen LogP contribution in [-0.4, -0.2) is 37.8 Å². The molecule has 0 radical (unpaired) electrons. The molecule has 1 heterocycles. The van der Waals surface area contributed by atoms with Crippen LogP contribution < -0.4 is 9.80 Å². The molecule has 1 aromatic rings. The van der Waals surface area contributed by atoms with Gasteiger partial charge in [0, 0.05) is 26.7 Å². The molecule has 0 saturated carbocycles. The Labute approximate surface area is 106 Å². The summed E-state index contributed by atoms with van der Waals surface area (Å²) in [6, 6.07) is 4.98. The molecular formula is C13H17FN2O2. The van der Waals surface area contributed by atoms with Crippen molar-refractivity contribution in [3.8, 4) is 0 Å². The van der Waals surface area contributed by atoms with Crippen LogP contribution in [0.3, 0.4) is 0 Å². The van der Waals surface area contributed by atoms with Crippen molar-refractivity contribution < 1.29 is 14.3 Å². The number of hydrogen-bond donors (Lipinski definition) is 1. The molecule has 18 heavy (non-hydrogen) atoms. The summed E-state index contributed by atoms with van der Waals surface area (Å²) in [6.07, 6.45) is 0.918. The van der Waals surface area contributed by atoms with Gasteiger partial charge in [0.2, 0.25) is 0 Å². The molecule has 0 aliphatic carbocycles. The average molecular weight is 252 g/mol. The number of anilines is 2. The lowest BCUT2D eigenvalue weighted by atomic mass is 10.2. The molecule has 1 aliphatic heterocycles. The van der Waals surface area contributed by atoms with Gasteiger partial charge in [0.1, 0.15) is 5.82 Å². The quantitative estimate of drug-likeness (QED) is 0.893. The number of hydrogen-bond acceptors (Lipinski definition) is 3. The first-order valence-electron chi connectivity index (χ1n) is 6.06. The van der Waals surface area contributed by atoms with Gasteiger partial charge in [-0.05, 0) is 18.6 Å². The molecule has 5 heteroatoms. The zero-order valence-electron chi connectivity index (χ0n) is 10.4. The van der Waals surface area contributed by atoms with Gasteiger partial charge in [0.05, 0.1) is 17.8 Å². The van der Waals surface area contributed by atoms with E-state index in [4.69, 9.17) is 5.11 Å². The van der Waals surface area contributed by atoms with Crippen molar-refractivity contribution in [2.75, 3.05) is 36.5 Å². The van der Waals surface area contributed by atoms with Gasteiger partial charge in [-0.1, -0.05) is 6.07 Å². The molecule has 0 amide bonds. The molecule has 0 unspecified atom stereocenters. The summed E-state index contributed by atoms with van der Waals surface area (Å²) in [5.41, 5.74) is 1.36. The number of rotatable bonds is 3. The standard InChI is InChI=1S/C13H17FN2O2/c1-15-7-3-8-16(9-6-12(17)18)13-10(14)4-2-5-11(13)15/h2,4-5H,3,6-9H2,1H3,(H,17,18). The molecule has 4 nitrogen and oxygen atoms in total. The van der Waals surface area contributed by atoms with Crippen molar-refractivity contribution in [3.63, 3.8) is 0 Å². The van der Waals surface area contributed by atoms with E-state index in [0.29, 0.717) is 18.8 Å². The number of fused-ring (bicyclic) bond motifs is 1. The highest BCUT2D eigenvalue weighted by Crippen LogP contribution is 2.33. The highest BCUT2D eigenvalue weighted by Gasteiger charge is 2.21. The topological polar surface area (TPSA) is 43.8 Å². The largest absolute Gasteiger partial charge is 0.481 e.